The van der Waals surface area contributed by atoms with Crippen molar-refractivity contribution in [1.29, 1.82) is 0 Å². The fraction of sp³-hybridized carbons (Fsp3) is 0.211. The summed E-state index contributed by atoms with van der Waals surface area (Å²) in [6, 6.07) is 12.4. The second kappa shape index (κ2) is 7.53. The van der Waals surface area contributed by atoms with Gasteiger partial charge in [0.15, 0.2) is 0 Å². The Morgan fingerprint density at radius 1 is 1.07 bits per heavy atom. The first kappa shape index (κ1) is 18.3. The highest BCUT2D eigenvalue weighted by Crippen LogP contribution is 2.25. The number of nitrogens with one attached hydrogen (secondary N) is 2. The second-order valence-corrected chi connectivity index (χ2v) is 8.37. The Bertz CT molecular complexity index is 1090. The number of benzene rings is 2. The number of sulfonamides is 1. The molecule has 2 N–H and O–H groups in total. The molecule has 0 radical (unpaired) electrons. The summed E-state index contributed by atoms with van der Waals surface area (Å²) in [5.74, 6) is -0.0477. The third-order valence-corrected chi connectivity index (χ3v) is 5.98. The van der Waals surface area contributed by atoms with E-state index in [9.17, 15) is 13.2 Å². The molecular weight excluding hydrogens is 378 g/mol. The summed E-state index contributed by atoms with van der Waals surface area (Å²) in [6.45, 7) is 0.803. The molecule has 2 heterocycles. The molecule has 2 aromatic carbocycles. The van der Waals surface area contributed by atoms with Crippen molar-refractivity contribution >= 4 is 21.6 Å². The number of hydrogen-bond donors (Lipinski definition) is 2. The van der Waals surface area contributed by atoms with Crippen LogP contribution in [0.25, 0.3) is 0 Å². The minimum atomic E-state index is -3.64. The molecule has 0 atom stereocenters. The Morgan fingerprint density at radius 3 is 2.61 bits per heavy atom. The number of rotatable bonds is 6. The lowest BCUT2D eigenvalue weighted by Gasteiger charge is -2.17. The van der Waals surface area contributed by atoms with Gasteiger partial charge < -0.3 is 5.32 Å². The largest absolute Gasteiger partial charge is 0.326 e. The normalized spacial score (nSPS) is 13.8. The first-order chi connectivity index (χ1) is 13.5. The predicted molar refractivity (Wildman–Crippen MR) is 103 cm³/mol. The SMILES string of the molecule is O=C1CCc2cc(S(=O)(=O)NCc3ccc(Cn4cncn4)cc3)ccc2N1. The van der Waals surface area contributed by atoms with Gasteiger partial charge in [0, 0.05) is 18.7 Å². The summed E-state index contributed by atoms with van der Waals surface area (Å²) < 4.78 is 29.6. The molecule has 0 unspecified atom stereocenters. The number of aromatic nitrogens is 3. The van der Waals surface area contributed by atoms with E-state index in [2.05, 4.69) is 20.1 Å². The van der Waals surface area contributed by atoms with Gasteiger partial charge in [-0.1, -0.05) is 24.3 Å². The van der Waals surface area contributed by atoms with Gasteiger partial charge in [0.2, 0.25) is 15.9 Å². The van der Waals surface area contributed by atoms with Crippen LogP contribution in [-0.4, -0.2) is 29.1 Å². The summed E-state index contributed by atoms with van der Waals surface area (Å²) in [4.78, 5) is 15.5. The zero-order chi connectivity index (χ0) is 19.6. The summed E-state index contributed by atoms with van der Waals surface area (Å²) in [5.41, 5.74) is 3.42. The van der Waals surface area contributed by atoms with Gasteiger partial charge in [0.05, 0.1) is 11.4 Å². The topological polar surface area (TPSA) is 106 Å². The van der Waals surface area contributed by atoms with Crippen LogP contribution in [0.3, 0.4) is 0 Å². The third-order valence-electron chi connectivity index (χ3n) is 4.58. The fourth-order valence-corrected chi connectivity index (χ4v) is 4.12. The van der Waals surface area contributed by atoms with Crippen molar-refractivity contribution in [1.82, 2.24) is 19.5 Å². The molecule has 0 fully saturated rings. The molecule has 3 aromatic rings. The highest BCUT2D eigenvalue weighted by Gasteiger charge is 2.19. The van der Waals surface area contributed by atoms with E-state index in [4.69, 9.17) is 0 Å². The molecule has 0 aliphatic carbocycles. The number of carbonyl (C=O) groups excluding carboxylic acids is 1. The van der Waals surface area contributed by atoms with Gasteiger partial charge in [-0.05, 0) is 41.3 Å². The molecular formula is C19H19N5O3S. The van der Waals surface area contributed by atoms with Crippen LogP contribution in [0.2, 0.25) is 0 Å². The summed E-state index contributed by atoms with van der Waals surface area (Å²) >= 11 is 0. The van der Waals surface area contributed by atoms with Gasteiger partial charge in [-0.15, -0.1) is 0 Å². The molecule has 8 nitrogen and oxygen atoms in total. The zero-order valence-corrected chi connectivity index (χ0v) is 15.8. The Labute approximate surface area is 162 Å². The van der Waals surface area contributed by atoms with Crippen molar-refractivity contribution in [2.45, 2.75) is 30.8 Å². The molecule has 0 bridgehead atoms. The van der Waals surface area contributed by atoms with Crippen molar-refractivity contribution < 1.29 is 13.2 Å². The van der Waals surface area contributed by atoms with Gasteiger partial charge in [-0.3, -0.25) is 4.79 Å². The van der Waals surface area contributed by atoms with Crippen LogP contribution in [0.1, 0.15) is 23.1 Å². The molecule has 9 heteroatoms. The van der Waals surface area contributed by atoms with Gasteiger partial charge in [0.1, 0.15) is 12.7 Å². The van der Waals surface area contributed by atoms with E-state index in [1.54, 1.807) is 23.1 Å². The average molecular weight is 397 g/mol. The van der Waals surface area contributed by atoms with E-state index in [1.807, 2.05) is 24.3 Å². The number of fused-ring (bicyclic) bond motifs is 1. The smallest absolute Gasteiger partial charge is 0.240 e. The predicted octanol–water partition coefficient (Wildman–Crippen LogP) is 1.69. The number of amides is 1. The minimum absolute atomic E-state index is 0.0477. The second-order valence-electron chi connectivity index (χ2n) is 6.60. The Kier molecular flexibility index (Phi) is 4.93. The molecule has 28 heavy (non-hydrogen) atoms. The van der Waals surface area contributed by atoms with Crippen molar-refractivity contribution in [3.05, 3.63) is 71.8 Å². The fourth-order valence-electron chi connectivity index (χ4n) is 3.05. The Hall–Kier alpha value is -3.04. The van der Waals surface area contributed by atoms with E-state index in [0.29, 0.717) is 25.1 Å². The van der Waals surface area contributed by atoms with Crippen molar-refractivity contribution in [3.8, 4) is 0 Å². The minimum Gasteiger partial charge on any atom is -0.326 e. The summed E-state index contributed by atoms with van der Waals surface area (Å²) in [5, 5.41) is 6.81. The van der Waals surface area contributed by atoms with Crippen LogP contribution in [0, 0.1) is 0 Å². The molecule has 144 valence electrons. The van der Waals surface area contributed by atoms with Crippen LogP contribution in [0.4, 0.5) is 5.69 Å². The Morgan fingerprint density at radius 2 is 1.86 bits per heavy atom. The molecule has 1 aromatic heterocycles. The van der Waals surface area contributed by atoms with E-state index >= 15 is 0 Å². The number of aryl methyl sites for hydroxylation is 1. The summed E-state index contributed by atoms with van der Waals surface area (Å²) in [7, 11) is -3.64. The maximum Gasteiger partial charge on any atom is 0.240 e. The zero-order valence-electron chi connectivity index (χ0n) is 15.0. The molecule has 1 aliphatic rings. The standard InChI is InChI=1S/C19H19N5O3S/c25-19-8-5-16-9-17(6-7-18(16)23-19)28(26,27)22-10-14-1-3-15(4-2-14)11-24-13-20-12-21-24/h1-4,6-7,9,12-13,22H,5,8,10-11H2,(H,23,25). The van der Waals surface area contributed by atoms with E-state index in [0.717, 1.165) is 16.7 Å². The van der Waals surface area contributed by atoms with Gasteiger partial charge in [-0.2, -0.15) is 5.10 Å². The first-order valence-corrected chi connectivity index (χ1v) is 10.3. The molecule has 1 amide bonds. The lowest BCUT2D eigenvalue weighted by Crippen LogP contribution is -2.24. The average Bonchev–Trinajstić information content (AvgIpc) is 3.20. The van der Waals surface area contributed by atoms with Crippen LogP contribution in [0.15, 0.2) is 60.0 Å². The van der Waals surface area contributed by atoms with Crippen molar-refractivity contribution in [2.75, 3.05) is 5.32 Å². The number of nitrogens with zero attached hydrogens (tertiary/aromatic N) is 3. The van der Waals surface area contributed by atoms with Crippen LogP contribution >= 0.6 is 0 Å². The molecule has 4 rings (SSSR count). The van der Waals surface area contributed by atoms with E-state index in [1.165, 1.54) is 12.4 Å². The van der Waals surface area contributed by atoms with E-state index < -0.39 is 10.0 Å². The quantitative estimate of drug-likeness (QED) is 0.658. The van der Waals surface area contributed by atoms with Crippen LogP contribution in [0.5, 0.6) is 0 Å². The molecule has 0 saturated heterocycles. The maximum atomic E-state index is 12.6. The van der Waals surface area contributed by atoms with Crippen LogP contribution < -0.4 is 10.0 Å². The first-order valence-electron chi connectivity index (χ1n) is 8.82. The van der Waals surface area contributed by atoms with Crippen LogP contribution in [-0.2, 0) is 34.3 Å². The molecule has 0 spiro atoms. The highest BCUT2D eigenvalue weighted by atomic mass is 32.2. The molecule has 0 saturated carbocycles. The van der Waals surface area contributed by atoms with Crippen molar-refractivity contribution in [2.24, 2.45) is 0 Å². The monoisotopic (exact) mass is 397 g/mol. The van der Waals surface area contributed by atoms with Gasteiger partial charge in [0.25, 0.3) is 0 Å². The van der Waals surface area contributed by atoms with E-state index in [-0.39, 0.29) is 17.3 Å². The summed E-state index contributed by atoms with van der Waals surface area (Å²) in [6.07, 6.45) is 4.03. The Balaban J connectivity index is 1.42. The number of anilines is 1. The lowest BCUT2D eigenvalue weighted by molar-refractivity contribution is -0.116. The lowest BCUT2D eigenvalue weighted by atomic mass is 10.0. The van der Waals surface area contributed by atoms with Gasteiger partial charge in [-0.25, -0.2) is 22.8 Å². The van der Waals surface area contributed by atoms with Gasteiger partial charge >= 0.3 is 0 Å². The third kappa shape index (κ3) is 4.10. The highest BCUT2D eigenvalue weighted by molar-refractivity contribution is 7.89. The number of carbonyl (C=O) groups is 1. The van der Waals surface area contributed by atoms with Crippen molar-refractivity contribution in [3.63, 3.8) is 0 Å². The molecule has 1 aliphatic heterocycles. The maximum absolute atomic E-state index is 12.6. The number of hydrogen-bond acceptors (Lipinski definition) is 5.